The molecule has 0 N–H and O–H groups in total. The monoisotopic (exact) mass is 326 g/mol. The zero-order valence-corrected chi connectivity index (χ0v) is 11.4. The van der Waals surface area contributed by atoms with Crippen molar-refractivity contribution in [3.8, 4) is 17.1 Å². The summed E-state index contributed by atoms with van der Waals surface area (Å²) in [7, 11) is 0. The van der Waals surface area contributed by atoms with Crippen molar-refractivity contribution < 1.29 is 17.6 Å². The molecule has 0 amide bonds. The van der Waals surface area contributed by atoms with Crippen molar-refractivity contribution in [2.24, 2.45) is 0 Å². The van der Waals surface area contributed by atoms with Gasteiger partial charge in [0.05, 0.1) is 10.6 Å². The molecule has 0 bridgehead atoms. The predicted molar refractivity (Wildman–Crippen MR) is 72.4 cm³/mol. The van der Waals surface area contributed by atoms with Gasteiger partial charge < -0.3 is 4.42 Å². The molecule has 22 heavy (non-hydrogen) atoms. The maximum Gasteiger partial charge on any atom is 0.442 e. The molecule has 0 saturated carbocycles. The van der Waals surface area contributed by atoms with Crippen LogP contribution in [-0.2, 0) is 0 Å². The van der Waals surface area contributed by atoms with Gasteiger partial charge in [-0.15, -0.1) is 5.10 Å². The maximum absolute atomic E-state index is 13.7. The zero-order valence-electron chi connectivity index (χ0n) is 10.7. The van der Waals surface area contributed by atoms with Gasteiger partial charge >= 0.3 is 5.76 Å². The summed E-state index contributed by atoms with van der Waals surface area (Å²) in [5, 5.41) is 3.66. The van der Waals surface area contributed by atoms with Crippen LogP contribution >= 0.6 is 11.6 Å². The van der Waals surface area contributed by atoms with E-state index in [2.05, 4.69) is 5.10 Å². The highest BCUT2D eigenvalue weighted by molar-refractivity contribution is 6.33. The Morgan fingerprint density at radius 3 is 2.41 bits per heavy atom. The second-order valence-corrected chi connectivity index (χ2v) is 4.69. The summed E-state index contributed by atoms with van der Waals surface area (Å²) in [6.45, 7) is 0. The molecule has 0 fully saturated rings. The van der Waals surface area contributed by atoms with E-state index < -0.39 is 28.9 Å². The van der Waals surface area contributed by atoms with Crippen LogP contribution in [0.5, 0.6) is 0 Å². The minimum Gasteiger partial charge on any atom is -0.387 e. The lowest BCUT2D eigenvalue weighted by Crippen LogP contribution is -2.16. The summed E-state index contributed by atoms with van der Waals surface area (Å²) in [5.41, 5.74) is -0.545. The SMILES string of the molecule is O=c1oc(-c2ccc(F)cc2Cl)nn1-c1c(F)cccc1F. The first-order chi connectivity index (χ1) is 10.5. The lowest BCUT2D eigenvalue weighted by atomic mass is 10.2. The fourth-order valence-electron chi connectivity index (χ4n) is 1.88. The summed E-state index contributed by atoms with van der Waals surface area (Å²) in [5.74, 6) is -3.92. The normalized spacial score (nSPS) is 10.9. The van der Waals surface area contributed by atoms with Gasteiger partial charge in [-0.05, 0) is 30.3 Å². The van der Waals surface area contributed by atoms with Crippen LogP contribution in [0, 0.1) is 17.5 Å². The van der Waals surface area contributed by atoms with Crippen LogP contribution in [0.1, 0.15) is 0 Å². The Hall–Kier alpha value is -2.54. The van der Waals surface area contributed by atoms with Crippen LogP contribution < -0.4 is 5.76 Å². The van der Waals surface area contributed by atoms with E-state index >= 15 is 0 Å². The van der Waals surface area contributed by atoms with Crippen LogP contribution in [0.3, 0.4) is 0 Å². The molecule has 0 radical (unpaired) electrons. The Kier molecular flexibility index (Phi) is 3.50. The lowest BCUT2D eigenvalue weighted by molar-refractivity contribution is 0.502. The van der Waals surface area contributed by atoms with Crippen molar-refractivity contribution in [3.63, 3.8) is 0 Å². The maximum atomic E-state index is 13.7. The standard InChI is InChI=1S/C14H6ClF3N2O2/c15-9-6-7(16)4-5-8(9)13-19-20(14(21)22-13)12-10(17)2-1-3-11(12)18/h1-6H. The number of hydrogen-bond donors (Lipinski definition) is 0. The molecule has 0 spiro atoms. The highest BCUT2D eigenvalue weighted by Crippen LogP contribution is 2.27. The molecule has 3 rings (SSSR count). The summed E-state index contributed by atoms with van der Waals surface area (Å²) in [6.07, 6.45) is 0. The second-order valence-electron chi connectivity index (χ2n) is 4.28. The molecule has 1 aromatic heterocycles. The first-order valence-corrected chi connectivity index (χ1v) is 6.35. The Bertz CT molecular complexity index is 900. The number of halogens is 4. The zero-order chi connectivity index (χ0) is 15.9. The molecule has 2 aromatic carbocycles. The Labute approximate surface area is 126 Å². The molecule has 112 valence electrons. The first-order valence-electron chi connectivity index (χ1n) is 5.97. The highest BCUT2D eigenvalue weighted by atomic mass is 35.5. The number of hydrogen-bond acceptors (Lipinski definition) is 3. The third-order valence-corrected chi connectivity index (χ3v) is 3.17. The van der Waals surface area contributed by atoms with E-state index in [1.54, 1.807) is 0 Å². The summed E-state index contributed by atoms with van der Waals surface area (Å²) in [4.78, 5) is 11.8. The summed E-state index contributed by atoms with van der Waals surface area (Å²) in [6, 6.07) is 6.43. The van der Waals surface area contributed by atoms with Crippen molar-refractivity contribution in [1.82, 2.24) is 9.78 Å². The van der Waals surface area contributed by atoms with Gasteiger partial charge in [-0.2, -0.15) is 4.68 Å². The number of aromatic nitrogens is 2. The van der Waals surface area contributed by atoms with Crippen molar-refractivity contribution in [3.05, 3.63) is 69.4 Å². The molecule has 4 nitrogen and oxygen atoms in total. The smallest absolute Gasteiger partial charge is 0.387 e. The highest BCUT2D eigenvalue weighted by Gasteiger charge is 2.19. The summed E-state index contributed by atoms with van der Waals surface area (Å²) < 4.78 is 45.7. The minimum absolute atomic E-state index is 0.0533. The molecule has 8 heteroatoms. The number of para-hydroxylation sites is 1. The third-order valence-electron chi connectivity index (χ3n) is 2.86. The molecule has 3 aromatic rings. The van der Waals surface area contributed by atoms with E-state index in [-0.39, 0.29) is 16.5 Å². The minimum atomic E-state index is -1.10. The first kappa shape index (κ1) is 14.4. The Morgan fingerprint density at radius 1 is 1.09 bits per heavy atom. The average Bonchev–Trinajstić information content (AvgIpc) is 2.80. The molecule has 0 atom stereocenters. The van der Waals surface area contributed by atoms with Gasteiger partial charge in [0.15, 0.2) is 11.6 Å². The topological polar surface area (TPSA) is 48.0 Å². The lowest BCUT2D eigenvalue weighted by Gasteiger charge is -2.01. The molecular weight excluding hydrogens is 321 g/mol. The van der Waals surface area contributed by atoms with Crippen molar-refractivity contribution in [1.29, 1.82) is 0 Å². The number of rotatable bonds is 2. The van der Waals surface area contributed by atoms with E-state index in [4.69, 9.17) is 16.0 Å². The van der Waals surface area contributed by atoms with Gasteiger partial charge in [0.25, 0.3) is 5.89 Å². The largest absolute Gasteiger partial charge is 0.442 e. The molecule has 0 aliphatic carbocycles. The fourth-order valence-corrected chi connectivity index (χ4v) is 2.13. The van der Waals surface area contributed by atoms with Crippen LogP contribution in [0.4, 0.5) is 13.2 Å². The van der Waals surface area contributed by atoms with Gasteiger partial charge in [-0.3, -0.25) is 0 Å². The van der Waals surface area contributed by atoms with Crippen LogP contribution in [0.25, 0.3) is 17.1 Å². The summed E-state index contributed by atoms with van der Waals surface area (Å²) >= 11 is 5.83. The van der Waals surface area contributed by atoms with Gasteiger partial charge in [0.2, 0.25) is 0 Å². The predicted octanol–water partition coefficient (Wildman–Crippen LogP) is 3.56. The van der Waals surface area contributed by atoms with Gasteiger partial charge in [0.1, 0.15) is 11.5 Å². The fraction of sp³-hybridized carbons (Fsp3) is 0. The molecule has 1 heterocycles. The second kappa shape index (κ2) is 5.34. The quantitative estimate of drug-likeness (QED) is 0.723. The van der Waals surface area contributed by atoms with E-state index in [0.29, 0.717) is 4.68 Å². The Morgan fingerprint density at radius 2 is 1.77 bits per heavy atom. The van der Waals surface area contributed by atoms with E-state index in [1.807, 2.05) is 0 Å². The van der Waals surface area contributed by atoms with Crippen LogP contribution in [0.15, 0.2) is 45.6 Å². The van der Waals surface area contributed by atoms with Gasteiger partial charge in [-0.25, -0.2) is 18.0 Å². The Balaban J connectivity index is 2.18. The van der Waals surface area contributed by atoms with Gasteiger partial charge in [-0.1, -0.05) is 17.7 Å². The van der Waals surface area contributed by atoms with Crippen LogP contribution in [-0.4, -0.2) is 9.78 Å². The van der Waals surface area contributed by atoms with Crippen LogP contribution in [0.2, 0.25) is 5.02 Å². The molecule has 0 saturated heterocycles. The third kappa shape index (κ3) is 2.39. The number of benzene rings is 2. The average molecular weight is 327 g/mol. The molecule has 0 unspecified atom stereocenters. The van der Waals surface area contributed by atoms with Crippen molar-refractivity contribution in [2.45, 2.75) is 0 Å². The number of nitrogens with zero attached hydrogens (tertiary/aromatic N) is 2. The van der Waals surface area contributed by atoms with Gasteiger partial charge in [0, 0.05) is 0 Å². The molecular formula is C14H6ClF3N2O2. The van der Waals surface area contributed by atoms with E-state index in [0.717, 1.165) is 30.3 Å². The van der Waals surface area contributed by atoms with E-state index in [9.17, 15) is 18.0 Å². The van der Waals surface area contributed by atoms with Crippen molar-refractivity contribution in [2.75, 3.05) is 0 Å². The van der Waals surface area contributed by atoms with E-state index in [1.165, 1.54) is 6.07 Å². The van der Waals surface area contributed by atoms with Crippen molar-refractivity contribution >= 4 is 11.6 Å². The molecule has 0 aliphatic heterocycles. The molecule has 0 aliphatic rings.